The molecule has 1 saturated heterocycles. The highest BCUT2D eigenvalue weighted by molar-refractivity contribution is 5.79. The van der Waals surface area contributed by atoms with E-state index < -0.39 is 0 Å². The zero-order chi connectivity index (χ0) is 20.5. The number of para-hydroxylation sites is 1. The maximum atomic E-state index is 5.48. The van der Waals surface area contributed by atoms with E-state index in [0.717, 1.165) is 49.2 Å². The van der Waals surface area contributed by atoms with Crippen LogP contribution in [0.1, 0.15) is 18.9 Å². The molecule has 0 aliphatic carbocycles. The van der Waals surface area contributed by atoms with Crippen molar-refractivity contribution in [3.63, 3.8) is 0 Å². The van der Waals surface area contributed by atoms with Gasteiger partial charge in [0.2, 0.25) is 0 Å². The summed E-state index contributed by atoms with van der Waals surface area (Å²) in [6.07, 6.45) is 1.19. The van der Waals surface area contributed by atoms with Gasteiger partial charge in [-0.1, -0.05) is 18.2 Å². The van der Waals surface area contributed by atoms with Gasteiger partial charge in [0.15, 0.2) is 5.96 Å². The monoisotopic (exact) mass is 396 g/mol. The molecular formula is C23H32N4O2. The third-order valence-electron chi connectivity index (χ3n) is 5.21. The second-order valence-corrected chi connectivity index (χ2v) is 7.19. The lowest BCUT2D eigenvalue weighted by Crippen LogP contribution is -2.40. The van der Waals surface area contributed by atoms with Crippen LogP contribution < -0.4 is 25.0 Å². The number of anilines is 1. The Morgan fingerprint density at radius 1 is 1.10 bits per heavy atom. The van der Waals surface area contributed by atoms with E-state index >= 15 is 0 Å². The van der Waals surface area contributed by atoms with E-state index in [-0.39, 0.29) is 0 Å². The van der Waals surface area contributed by atoms with E-state index in [1.165, 1.54) is 12.1 Å². The van der Waals surface area contributed by atoms with E-state index in [4.69, 9.17) is 14.5 Å². The lowest BCUT2D eigenvalue weighted by Gasteiger charge is -2.19. The molecule has 0 amide bonds. The number of methoxy groups -OCH3 is 2. The summed E-state index contributed by atoms with van der Waals surface area (Å²) in [7, 11) is 3.33. The molecule has 1 aliphatic heterocycles. The normalized spacial score (nSPS) is 16.6. The minimum atomic E-state index is 0.545. The molecule has 1 fully saturated rings. The zero-order valence-corrected chi connectivity index (χ0v) is 17.6. The smallest absolute Gasteiger partial charge is 0.191 e. The molecule has 6 nitrogen and oxygen atoms in total. The second kappa shape index (κ2) is 10.6. The molecule has 0 radical (unpaired) electrons. The number of benzene rings is 2. The molecule has 1 aliphatic rings. The Labute approximate surface area is 173 Å². The van der Waals surface area contributed by atoms with Crippen molar-refractivity contribution in [3.8, 4) is 11.5 Å². The summed E-state index contributed by atoms with van der Waals surface area (Å²) < 4.78 is 10.7. The molecule has 2 aromatic rings. The molecule has 29 heavy (non-hydrogen) atoms. The zero-order valence-electron chi connectivity index (χ0n) is 17.6. The molecule has 0 spiro atoms. The third-order valence-corrected chi connectivity index (χ3v) is 5.21. The van der Waals surface area contributed by atoms with Gasteiger partial charge in [-0.15, -0.1) is 0 Å². The van der Waals surface area contributed by atoms with E-state index in [9.17, 15) is 0 Å². The van der Waals surface area contributed by atoms with Gasteiger partial charge in [-0.25, -0.2) is 4.99 Å². The average Bonchev–Trinajstić information content (AvgIpc) is 3.25. The molecule has 0 saturated carbocycles. The molecule has 3 rings (SSSR count). The van der Waals surface area contributed by atoms with Gasteiger partial charge in [-0.05, 0) is 43.5 Å². The minimum Gasteiger partial charge on any atom is -0.497 e. The molecule has 0 aromatic heterocycles. The van der Waals surface area contributed by atoms with Gasteiger partial charge in [0, 0.05) is 43.5 Å². The summed E-state index contributed by atoms with van der Waals surface area (Å²) in [5.74, 6) is 3.01. The standard InChI is InChI=1S/C23H32N4O2/c1-4-24-23(26-16-19-10-11-21(28-2)14-22(19)29-3)25-15-18-12-13-27(17-18)20-8-6-5-7-9-20/h5-11,14,18H,4,12-13,15-17H2,1-3H3,(H2,24,25,26). The highest BCUT2D eigenvalue weighted by Gasteiger charge is 2.22. The first-order chi connectivity index (χ1) is 14.2. The van der Waals surface area contributed by atoms with Crippen LogP contribution in [0.5, 0.6) is 11.5 Å². The van der Waals surface area contributed by atoms with Gasteiger partial charge in [0.05, 0.1) is 20.8 Å². The van der Waals surface area contributed by atoms with Gasteiger partial charge < -0.3 is 25.0 Å². The summed E-state index contributed by atoms with van der Waals surface area (Å²) in [6, 6.07) is 16.5. The first kappa shape index (κ1) is 20.8. The number of nitrogens with one attached hydrogen (secondary N) is 2. The van der Waals surface area contributed by atoms with Crippen LogP contribution in [0, 0.1) is 5.92 Å². The molecule has 1 atom stereocenters. The predicted molar refractivity (Wildman–Crippen MR) is 119 cm³/mol. The number of hydrogen-bond acceptors (Lipinski definition) is 4. The lowest BCUT2D eigenvalue weighted by atomic mass is 10.1. The quantitative estimate of drug-likeness (QED) is 0.530. The van der Waals surface area contributed by atoms with Crippen molar-refractivity contribution in [2.45, 2.75) is 19.9 Å². The number of rotatable bonds is 8. The van der Waals surface area contributed by atoms with Crippen molar-refractivity contribution < 1.29 is 9.47 Å². The highest BCUT2D eigenvalue weighted by atomic mass is 16.5. The maximum Gasteiger partial charge on any atom is 0.191 e. The molecule has 2 aromatic carbocycles. The fourth-order valence-corrected chi connectivity index (χ4v) is 3.60. The van der Waals surface area contributed by atoms with Crippen molar-refractivity contribution in [1.29, 1.82) is 0 Å². The molecule has 2 N–H and O–H groups in total. The molecule has 0 bridgehead atoms. The van der Waals surface area contributed by atoms with Crippen molar-refractivity contribution in [2.24, 2.45) is 10.9 Å². The summed E-state index contributed by atoms with van der Waals surface area (Å²) in [5.41, 5.74) is 2.34. The van der Waals surface area contributed by atoms with E-state index in [0.29, 0.717) is 12.5 Å². The van der Waals surface area contributed by atoms with Crippen LogP contribution in [0.2, 0.25) is 0 Å². The summed E-state index contributed by atoms with van der Waals surface area (Å²) >= 11 is 0. The predicted octanol–water partition coefficient (Wildman–Crippen LogP) is 3.29. The first-order valence-electron chi connectivity index (χ1n) is 10.3. The second-order valence-electron chi connectivity index (χ2n) is 7.19. The molecule has 6 heteroatoms. The largest absolute Gasteiger partial charge is 0.497 e. The van der Waals surface area contributed by atoms with Gasteiger partial charge in [-0.3, -0.25) is 0 Å². The van der Waals surface area contributed by atoms with Crippen LogP contribution in [0.15, 0.2) is 53.5 Å². The van der Waals surface area contributed by atoms with E-state index in [1.807, 2.05) is 18.2 Å². The maximum absolute atomic E-state index is 5.48. The number of aliphatic imine (C=N–C) groups is 1. The third kappa shape index (κ3) is 5.79. The number of hydrogen-bond donors (Lipinski definition) is 2. The fourth-order valence-electron chi connectivity index (χ4n) is 3.60. The average molecular weight is 397 g/mol. The number of nitrogens with zero attached hydrogens (tertiary/aromatic N) is 2. The summed E-state index contributed by atoms with van der Waals surface area (Å²) in [6.45, 7) is 6.54. The number of guanidine groups is 1. The van der Waals surface area contributed by atoms with Crippen LogP contribution in [-0.4, -0.2) is 46.4 Å². The molecule has 156 valence electrons. The molecule has 1 heterocycles. The first-order valence-corrected chi connectivity index (χ1v) is 10.3. The van der Waals surface area contributed by atoms with Gasteiger partial charge >= 0.3 is 0 Å². The van der Waals surface area contributed by atoms with Gasteiger partial charge in [0.25, 0.3) is 0 Å². The van der Waals surface area contributed by atoms with Crippen LogP contribution in [0.3, 0.4) is 0 Å². The Hall–Kier alpha value is -2.89. The highest BCUT2D eigenvalue weighted by Crippen LogP contribution is 2.25. The SMILES string of the molecule is CCNC(=NCc1ccc(OC)cc1OC)NCC1CCN(c2ccccc2)C1. The Balaban J connectivity index is 1.56. The van der Waals surface area contributed by atoms with Crippen molar-refractivity contribution in [2.75, 3.05) is 45.3 Å². The van der Waals surface area contributed by atoms with E-state index in [1.54, 1.807) is 14.2 Å². The van der Waals surface area contributed by atoms with Gasteiger partial charge in [-0.2, -0.15) is 0 Å². The topological polar surface area (TPSA) is 58.1 Å². The van der Waals surface area contributed by atoms with Crippen molar-refractivity contribution in [3.05, 3.63) is 54.1 Å². The van der Waals surface area contributed by atoms with Crippen LogP contribution in [0.4, 0.5) is 5.69 Å². The minimum absolute atomic E-state index is 0.545. The Bertz CT molecular complexity index is 795. The van der Waals surface area contributed by atoms with Crippen LogP contribution >= 0.6 is 0 Å². The Morgan fingerprint density at radius 3 is 2.66 bits per heavy atom. The Kier molecular flexibility index (Phi) is 7.61. The van der Waals surface area contributed by atoms with E-state index in [2.05, 4.69) is 52.8 Å². The number of ether oxygens (including phenoxy) is 2. The van der Waals surface area contributed by atoms with Crippen LogP contribution in [0.25, 0.3) is 0 Å². The van der Waals surface area contributed by atoms with Crippen molar-refractivity contribution in [1.82, 2.24) is 10.6 Å². The summed E-state index contributed by atoms with van der Waals surface area (Å²) in [5, 5.41) is 6.85. The van der Waals surface area contributed by atoms with Crippen LogP contribution in [-0.2, 0) is 6.54 Å². The lowest BCUT2D eigenvalue weighted by molar-refractivity contribution is 0.391. The fraction of sp³-hybridized carbons (Fsp3) is 0.435. The molecule has 1 unspecified atom stereocenters. The van der Waals surface area contributed by atoms with Gasteiger partial charge in [0.1, 0.15) is 11.5 Å². The molecular weight excluding hydrogens is 364 g/mol. The Morgan fingerprint density at radius 2 is 1.93 bits per heavy atom. The summed E-state index contributed by atoms with van der Waals surface area (Å²) in [4.78, 5) is 7.20. The van der Waals surface area contributed by atoms with Crippen molar-refractivity contribution >= 4 is 11.6 Å².